The van der Waals surface area contributed by atoms with Gasteiger partial charge in [0, 0.05) is 48.1 Å². The fraction of sp³-hybridized carbons (Fsp3) is 0.111. The number of aryl methyl sites for hydroxylation is 1. The fourth-order valence-electron chi connectivity index (χ4n) is 4.36. The van der Waals surface area contributed by atoms with E-state index in [-0.39, 0.29) is 17.4 Å². The highest BCUT2D eigenvalue weighted by Crippen LogP contribution is 2.30. The van der Waals surface area contributed by atoms with Crippen LogP contribution in [-0.2, 0) is 7.05 Å². The molecule has 0 saturated heterocycles. The average Bonchev–Trinajstić information content (AvgIpc) is 3.26. The maximum Gasteiger partial charge on any atom is 0.252 e. The molecule has 0 aliphatic carbocycles. The molecule has 0 bridgehead atoms. The number of carbonyl (C=O) groups excluding carboxylic acids is 1. The van der Waals surface area contributed by atoms with Gasteiger partial charge in [0.25, 0.3) is 11.5 Å². The third kappa shape index (κ3) is 3.48. The molecule has 5 nitrogen and oxygen atoms in total. The van der Waals surface area contributed by atoms with Crippen LogP contribution in [0.3, 0.4) is 0 Å². The zero-order chi connectivity index (χ0) is 22.1. The minimum Gasteiger partial charge on any atom is -0.361 e. The molecule has 5 aromatic rings. The number of aromatic amines is 1. The SMILES string of the molecule is Cn1c(=O)cc(C(=O)NCC(c2ccccc2)c2c[nH]c3ccccc23)c2ccccc21. The molecule has 32 heavy (non-hydrogen) atoms. The number of amides is 1. The Kier molecular flexibility index (Phi) is 5.07. The number of para-hydroxylation sites is 2. The lowest BCUT2D eigenvalue weighted by atomic mass is 9.91. The number of aromatic nitrogens is 2. The second kappa shape index (κ2) is 8.19. The van der Waals surface area contributed by atoms with Gasteiger partial charge in [-0.15, -0.1) is 0 Å². The summed E-state index contributed by atoms with van der Waals surface area (Å²) in [5, 5.41) is 4.98. The van der Waals surface area contributed by atoms with Gasteiger partial charge in [0.1, 0.15) is 0 Å². The van der Waals surface area contributed by atoms with Crippen LogP contribution in [0.15, 0.2) is 95.9 Å². The topological polar surface area (TPSA) is 66.9 Å². The first-order valence-electron chi connectivity index (χ1n) is 10.6. The van der Waals surface area contributed by atoms with Crippen LogP contribution >= 0.6 is 0 Å². The van der Waals surface area contributed by atoms with Crippen molar-refractivity contribution in [3.8, 4) is 0 Å². The lowest BCUT2D eigenvalue weighted by Crippen LogP contribution is -2.30. The van der Waals surface area contributed by atoms with Crippen LogP contribution in [-0.4, -0.2) is 22.0 Å². The molecule has 1 unspecified atom stereocenters. The molecule has 5 rings (SSSR count). The first kappa shape index (κ1) is 19.8. The quantitative estimate of drug-likeness (QED) is 0.436. The van der Waals surface area contributed by atoms with Crippen LogP contribution in [0.5, 0.6) is 0 Å². The molecule has 0 spiro atoms. The lowest BCUT2D eigenvalue weighted by molar-refractivity contribution is 0.0954. The average molecular weight is 422 g/mol. The summed E-state index contributed by atoms with van der Waals surface area (Å²) >= 11 is 0. The van der Waals surface area contributed by atoms with Gasteiger partial charge >= 0.3 is 0 Å². The minimum absolute atomic E-state index is 0.0332. The van der Waals surface area contributed by atoms with Gasteiger partial charge in [-0.3, -0.25) is 9.59 Å². The van der Waals surface area contributed by atoms with Crippen molar-refractivity contribution in [2.45, 2.75) is 5.92 Å². The van der Waals surface area contributed by atoms with Crippen molar-refractivity contribution < 1.29 is 4.79 Å². The number of pyridine rings is 1. The van der Waals surface area contributed by atoms with Crippen LogP contribution in [0.4, 0.5) is 0 Å². The number of rotatable bonds is 5. The first-order valence-corrected chi connectivity index (χ1v) is 10.6. The molecular weight excluding hydrogens is 398 g/mol. The Balaban J connectivity index is 1.51. The van der Waals surface area contributed by atoms with E-state index in [1.807, 2.05) is 66.9 Å². The van der Waals surface area contributed by atoms with Crippen molar-refractivity contribution in [3.63, 3.8) is 0 Å². The normalized spacial score (nSPS) is 12.2. The summed E-state index contributed by atoms with van der Waals surface area (Å²) in [6.45, 7) is 0.411. The molecule has 5 heteroatoms. The highest BCUT2D eigenvalue weighted by Gasteiger charge is 2.20. The molecule has 2 N–H and O–H groups in total. The molecule has 3 aromatic carbocycles. The molecule has 0 aliphatic heterocycles. The van der Waals surface area contributed by atoms with E-state index in [0.717, 1.165) is 32.9 Å². The summed E-state index contributed by atoms with van der Waals surface area (Å²) in [5.41, 5.74) is 4.24. The second-order valence-electron chi connectivity index (χ2n) is 7.94. The van der Waals surface area contributed by atoms with E-state index in [4.69, 9.17) is 0 Å². The molecular formula is C27H23N3O2. The number of nitrogens with zero attached hydrogens (tertiary/aromatic N) is 1. The molecule has 0 saturated carbocycles. The number of benzene rings is 3. The number of nitrogens with one attached hydrogen (secondary N) is 2. The zero-order valence-corrected chi connectivity index (χ0v) is 17.7. The van der Waals surface area contributed by atoms with Crippen LogP contribution < -0.4 is 10.9 Å². The molecule has 158 valence electrons. The Labute approximate surface area is 185 Å². The van der Waals surface area contributed by atoms with Crippen molar-refractivity contribution in [3.05, 3.63) is 118 Å². The molecule has 0 radical (unpaired) electrons. The van der Waals surface area contributed by atoms with Gasteiger partial charge in [-0.05, 0) is 23.3 Å². The summed E-state index contributed by atoms with van der Waals surface area (Å²) < 4.78 is 1.56. The Morgan fingerprint density at radius 2 is 1.62 bits per heavy atom. The van der Waals surface area contributed by atoms with Gasteiger partial charge in [-0.1, -0.05) is 66.7 Å². The largest absolute Gasteiger partial charge is 0.361 e. The third-order valence-electron chi connectivity index (χ3n) is 6.06. The Bertz CT molecular complexity index is 1480. The number of carbonyl (C=O) groups is 1. The summed E-state index contributed by atoms with van der Waals surface area (Å²) in [7, 11) is 1.72. The second-order valence-corrected chi connectivity index (χ2v) is 7.94. The highest BCUT2D eigenvalue weighted by molar-refractivity contribution is 6.06. The van der Waals surface area contributed by atoms with Crippen LogP contribution in [0, 0.1) is 0 Å². The predicted octanol–water partition coefficient (Wildman–Crippen LogP) is 4.58. The molecule has 0 aliphatic rings. The number of hydrogen-bond donors (Lipinski definition) is 2. The summed E-state index contributed by atoms with van der Waals surface area (Å²) in [6, 6.07) is 27.2. The summed E-state index contributed by atoms with van der Waals surface area (Å²) in [6.07, 6.45) is 2.02. The number of H-pyrrole nitrogens is 1. The molecule has 2 aromatic heterocycles. The van der Waals surface area contributed by atoms with Gasteiger partial charge in [0.05, 0.1) is 11.1 Å². The minimum atomic E-state index is -0.250. The summed E-state index contributed by atoms with van der Waals surface area (Å²) in [4.78, 5) is 29.0. The van der Waals surface area contributed by atoms with Crippen LogP contribution in [0.25, 0.3) is 21.8 Å². The van der Waals surface area contributed by atoms with E-state index in [1.165, 1.54) is 6.07 Å². The Morgan fingerprint density at radius 1 is 0.938 bits per heavy atom. The fourth-order valence-corrected chi connectivity index (χ4v) is 4.36. The van der Waals surface area contributed by atoms with E-state index in [9.17, 15) is 9.59 Å². The lowest BCUT2D eigenvalue weighted by Gasteiger charge is -2.19. The van der Waals surface area contributed by atoms with Gasteiger partial charge in [-0.25, -0.2) is 0 Å². The van der Waals surface area contributed by atoms with Crippen molar-refractivity contribution >= 4 is 27.7 Å². The van der Waals surface area contributed by atoms with Gasteiger partial charge in [0.2, 0.25) is 0 Å². The number of hydrogen-bond acceptors (Lipinski definition) is 2. The number of fused-ring (bicyclic) bond motifs is 2. The highest BCUT2D eigenvalue weighted by atomic mass is 16.2. The van der Waals surface area contributed by atoms with E-state index in [1.54, 1.807) is 11.6 Å². The molecule has 1 amide bonds. The standard InChI is InChI=1S/C27H23N3O2/c1-30-25-14-8-6-12-20(25)21(15-26(30)31)27(32)29-16-22(18-9-3-2-4-10-18)23-17-28-24-13-7-5-11-19(23)24/h2-15,17,22,28H,16H2,1H3,(H,29,32). The van der Waals surface area contributed by atoms with E-state index in [0.29, 0.717) is 12.1 Å². The van der Waals surface area contributed by atoms with Crippen molar-refractivity contribution in [2.24, 2.45) is 7.05 Å². The van der Waals surface area contributed by atoms with Crippen molar-refractivity contribution in [2.75, 3.05) is 6.54 Å². The van der Waals surface area contributed by atoms with E-state index in [2.05, 4.69) is 28.5 Å². The van der Waals surface area contributed by atoms with E-state index >= 15 is 0 Å². The van der Waals surface area contributed by atoms with Gasteiger partial charge in [0.15, 0.2) is 0 Å². The van der Waals surface area contributed by atoms with Crippen molar-refractivity contribution in [1.82, 2.24) is 14.9 Å². The third-order valence-corrected chi connectivity index (χ3v) is 6.06. The van der Waals surface area contributed by atoms with Gasteiger partial charge in [-0.2, -0.15) is 0 Å². The Hall–Kier alpha value is -4.12. The maximum absolute atomic E-state index is 13.2. The summed E-state index contributed by atoms with van der Waals surface area (Å²) in [5.74, 6) is -0.284. The molecule has 1 atom stereocenters. The van der Waals surface area contributed by atoms with E-state index < -0.39 is 0 Å². The first-order chi connectivity index (χ1) is 15.6. The van der Waals surface area contributed by atoms with Gasteiger partial charge < -0.3 is 14.9 Å². The maximum atomic E-state index is 13.2. The predicted molar refractivity (Wildman–Crippen MR) is 128 cm³/mol. The smallest absolute Gasteiger partial charge is 0.252 e. The monoisotopic (exact) mass is 421 g/mol. The zero-order valence-electron chi connectivity index (χ0n) is 17.7. The van der Waals surface area contributed by atoms with Crippen LogP contribution in [0.2, 0.25) is 0 Å². The molecule has 2 heterocycles. The van der Waals surface area contributed by atoms with Crippen molar-refractivity contribution in [1.29, 1.82) is 0 Å². The Morgan fingerprint density at radius 3 is 2.44 bits per heavy atom. The molecule has 0 fully saturated rings. The van der Waals surface area contributed by atoms with Crippen LogP contribution in [0.1, 0.15) is 27.4 Å².